The standard InChI is InChI=1S/C20H24O3/c1-22-19-14-12-17(13-15-19)9-5-2-3-8-16-23-20(21)18-10-6-4-7-11-18/h4,6-7,10-15H,2-3,5,8-9,16H2,1H3. The number of methoxy groups -OCH3 is 1. The fourth-order valence-corrected chi connectivity index (χ4v) is 2.40. The molecule has 3 heteroatoms. The normalized spacial score (nSPS) is 10.3. The SMILES string of the molecule is COc1ccc(CCCCCCOC(=O)c2ccccc2)cc1. The second-order valence-corrected chi connectivity index (χ2v) is 5.51. The molecule has 0 aromatic heterocycles. The van der Waals surface area contributed by atoms with Crippen LogP contribution in [0.1, 0.15) is 41.6 Å². The molecule has 0 saturated heterocycles. The van der Waals surface area contributed by atoms with Gasteiger partial charge in [0.2, 0.25) is 0 Å². The fourth-order valence-electron chi connectivity index (χ4n) is 2.40. The number of esters is 1. The Kier molecular flexibility index (Phi) is 7.18. The van der Waals surface area contributed by atoms with Crippen molar-refractivity contribution in [3.63, 3.8) is 0 Å². The Bertz CT molecular complexity index is 576. The zero-order valence-corrected chi connectivity index (χ0v) is 13.7. The van der Waals surface area contributed by atoms with Crippen LogP contribution >= 0.6 is 0 Å². The summed E-state index contributed by atoms with van der Waals surface area (Å²) in [5.41, 5.74) is 1.95. The van der Waals surface area contributed by atoms with Crippen molar-refractivity contribution >= 4 is 5.97 Å². The van der Waals surface area contributed by atoms with E-state index in [0.717, 1.165) is 37.9 Å². The largest absolute Gasteiger partial charge is 0.497 e. The van der Waals surface area contributed by atoms with Gasteiger partial charge in [-0.05, 0) is 49.1 Å². The van der Waals surface area contributed by atoms with E-state index in [1.807, 2.05) is 30.3 Å². The first-order valence-corrected chi connectivity index (χ1v) is 8.14. The predicted molar refractivity (Wildman–Crippen MR) is 91.9 cm³/mol. The number of carbonyl (C=O) groups is 1. The van der Waals surface area contributed by atoms with Crippen molar-refractivity contribution in [3.05, 3.63) is 65.7 Å². The zero-order chi connectivity index (χ0) is 16.3. The molecule has 3 nitrogen and oxygen atoms in total. The maximum absolute atomic E-state index is 11.7. The molecule has 0 bridgehead atoms. The number of unbranched alkanes of at least 4 members (excludes halogenated alkanes) is 3. The second-order valence-electron chi connectivity index (χ2n) is 5.51. The van der Waals surface area contributed by atoms with E-state index in [4.69, 9.17) is 9.47 Å². The third-order valence-electron chi connectivity index (χ3n) is 3.76. The molecule has 2 aromatic rings. The molecule has 0 aliphatic rings. The molecule has 0 spiro atoms. The molecule has 23 heavy (non-hydrogen) atoms. The summed E-state index contributed by atoms with van der Waals surface area (Å²) in [4.78, 5) is 11.7. The molecular formula is C20H24O3. The summed E-state index contributed by atoms with van der Waals surface area (Å²) in [7, 11) is 1.68. The lowest BCUT2D eigenvalue weighted by molar-refractivity contribution is 0.0497. The van der Waals surface area contributed by atoms with Gasteiger partial charge in [0.05, 0.1) is 19.3 Å². The molecule has 0 atom stereocenters. The number of carbonyl (C=O) groups excluding carboxylic acids is 1. The smallest absolute Gasteiger partial charge is 0.338 e. The topological polar surface area (TPSA) is 35.5 Å². The first-order valence-electron chi connectivity index (χ1n) is 8.14. The van der Waals surface area contributed by atoms with E-state index in [1.54, 1.807) is 19.2 Å². The summed E-state index contributed by atoms with van der Waals surface area (Å²) < 4.78 is 10.4. The number of hydrogen-bond donors (Lipinski definition) is 0. The van der Waals surface area contributed by atoms with Crippen LogP contribution in [0.2, 0.25) is 0 Å². The summed E-state index contributed by atoms with van der Waals surface area (Å²) in [6, 6.07) is 17.3. The average molecular weight is 312 g/mol. The molecular weight excluding hydrogens is 288 g/mol. The Morgan fingerprint density at radius 2 is 1.57 bits per heavy atom. The van der Waals surface area contributed by atoms with Gasteiger partial charge in [-0.2, -0.15) is 0 Å². The van der Waals surface area contributed by atoms with E-state index < -0.39 is 0 Å². The molecule has 0 radical (unpaired) electrons. The summed E-state index contributed by atoms with van der Waals surface area (Å²) in [5.74, 6) is 0.665. The lowest BCUT2D eigenvalue weighted by atomic mass is 10.1. The van der Waals surface area contributed by atoms with Gasteiger partial charge in [0, 0.05) is 0 Å². The van der Waals surface area contributed by atoms with Gasteiger partial charge in [0.1, 0.15) is 5.75 Å². The highest BCUT2D eigenvalue weighted by Crippen LogP contribution is 2.14. The highest BCUT2D eigenvalue weighted by Gasteiger charge is 2.04. The molecule has 0 fully saturated rings. The van der Waals surface area contributed by atoms with Gasteiger partial charge >= 0.3 is 5.97 Å². The number of hydrogen-bond acceptors (Lipinski definition) is 3. The minimum atomic E-state index is -0.233. The van der Waals surface area contributed by atoms with Gasteiger partial charge in [-0.3, -0.25) is 0 Å². The van der Waals surface area contributed by atoms with Crippen molar-refractivity contribution in [1.82, 2.24) is 0 Å². The van der Waals surface area contributed by atoms with Gasteiger partial charge in [-0.1, -0.05) is 43.2 Å². The van der Waals surface area contributed by atoms with E-state index in [1.165, 1.54) is 5.56 Å². The third-order valence-corrected chi connectivity index (χ3v) is 3.76. The molecule has 2 aromatic carbocycles. The quantitative estimate of drug-likeness (QED) is 0.499. The Morgan fingerprint density at radius 3 is 2.26 bits per heavy atom. The highest BCUT2D eigenvalue weighted by molar-refractivity contribution is 5.89. The predicted octanol–water partition coefficient (Wildman–Crippen LogP) is 4.66. The van der Waals surface area contributed by atoms with Crippen LogP contribution in [-0.2, 0) is 11.2 Å². The van der Waals surface area contributed by atoms with Crippen LogP contribution in [0, 0.1) is 0 Å². The lowest BCUT2D eigenvalue weighted by Gasteiger charge is -2.05. The fraction of sp³-hybridized carbons (Fsp3) is 0.350. The van der Waals surface area contributed by atoms with Crippen molar-refractivity contribution in [2.24, 2.45) is 0 Å². The maximum atomic E-state index is 11.7. The van der Waals surface area contributed by atoms with Gasteiger partial charge in [0.25, 0.3) is 0 Å². The lowest BCUT2D eigenvalue weighted by Crippen LogP contribution is -2.06. The van der Waals surface area contributed by atoms with Crippen LogP contribution in [0.4, 0.5) is 0 Å². The number of ether oxygens (including phenoxy) is 2. The number of benzene rings is 2. The molecule has 0 N–H and O–H groups in total. The van der Waals surface area contributed by atoms with Crippen LogP contribution in [0.25, 0.3) is 0 Å². The molecule has 0 aliphatic carbocycles. The Hall–Kier alpha value is -2.29. The summed E-state index contributed by atoms with van der Waals surface area (Å²) in [6.45, 7) is 0.496. The Balaban J connectivity index is 1.53. The molecule has 0 aliphatic heterocycles. The molecule has 0 heterocycles. The van der Waals surface area contributed by atoms with Gasteiger partial charge in [-0.15, -0.1) is 0 Å². The van der Waals surface area contributed by atoms with Crippen molar-refractivity contribution in [2.45, 2.75) is 32.1 Å². The summed E-state index contributed by atoms with van der Waals surface area (Å²) in [5, 5.41) is 0. The summed E-state index contributed by atoms with van der Waals surface area (Å²) >= 11 is 0. The Labute approximate surface area is 138 Å². The minimum Gasteiger partial charge on any atom is -0.497 e. The molecule has 0 unspecified atom stereocenters. The van der Waals surface area contributed by atoms with Crippen LogP contribution in [0.5, 0.6) is 5.75 Å². The highest BCUT2D eigenvalue weighted by atomic mass is 16.5. The van der Waals surface area contributed by atoms with E-state index >= 15 is 0 Å². The first-order chi connectivity index (χ1) is 11.3. The van der Waals surface area contributed by atoms with Crippen LogP contribution in [-0.4, -0.2) is 19.7 Å². The first kappa shape index (κ1) is 17.1. The van der Waals surface area contributed by atoms with Crippen LogP contribution < -0.4 is 4.74 Å². The van der Waals surface area contributed by atoms with Crippen LogP contribution in [0.15, 0.2) is 54.6 Å². The summed E-state index contributed by atoms with van der Waals surface area (Å²) in [6.07, 6.45) is 5.38. The number of rotatable bonds is 9. The van der Waals surface area contributed by atoms with Gasteiger partial charge < -0.3 is 9.47 Å². The molecule has 2 rings (SSSR count). The van der Waals surface area contributed by atoms with Gasteiger partial charge in [0.15, 0.2) is 0 Å². The maximum Gasteiger partial charge on any atom is 0.338 e. The monoisotopic (exact) mass is 312 g/mol. The van der Waals surface area contributed by atoms with Crippen molar-refractivity contribution in [2.75, 3.05) is 13.7 Å². The molecule has 122 valence electrons. The van der Waals surface area contributed by atoms with E-state index in [9.17, 15) is 4.79 Å². The van der Waals surface area contributed by atoms with E-state index in [-0.39, 0.29) is 5.97 Å². The third kappa shape index (κ3) is 6.15. The minimum absolute atomic E-state index is 0.233. The van der Waals surface area contributed by atoms with E-state index in [0.29, 0.717) is 12.2 Å². The average Bonchev–Trinajstić information content (AvgIpc) is 2.62. The Morgan fingerprint density at radius 1 is 0.870 bits per heavy atom. The zero-order valence-electron chi connectivity index (χ0n) is 13.7. The van der Waals surface area contributed by atoms with E-state index in [2.05, 4.69) is 12.1 Å². The van der Waals surface area contributed by atoms with Crippen molar-refractivity contribution < 1.29 is 14.3 Å². The van der Waals surface area contributed by atoms with Crippen molar-refractivity contribution in [3.8, 4) is 5.75 Å². The second kappa shape index (κ2) is 9.67. The van der Waals surface area contributed by atoms with Gasteiger partial charge in [-0.25, -0.2) is 4.79 Å². The van der Waals surface area contributed by atoms with Crippen molar-refractivity contribution in [1.29, 1.82) is 0 Å². The van der Waals surface area contributed by atoms with Crippen LogP contribution in [0.3, 0.4) is 0 Å². The molecule has 0 saturated carbocycles. The molecule has 0 amide bonds. The number of aryl methyl sites for hydroxylation is 1.